The number of rotatable bonds is 8. The molecule has 7 nitrogen and oxygen atoms in total. The first-order valence-electron chi connectivity index (χ1n) is 8.24. The molecule has 0 N–H and O–H groups in total. The maximum atomic E-state index is 12.8. The zero-order chi connectivity index (χ0) is 18.2. The van der Waals surface area contributed by atoms with E-state index in [-0.39, 0.29) is 24.2 Å². The quantitative estimate of drug-likeness (QED) is 0.655. The molecule has 0 radical (unpaired) electrons. The van der Waals surface area contributed by atoms with Gasteiger partial charge in [0.05, 0.1) is 25.9 Å². The van der Waals surface area contributed by atoms with Crippen LogP contribution in [0.4, 0.5) is 0 Å². The molecule has 0 spiro atoms. The van der Waals surface area contributed by atoms with Gasteiger partial charge in [-0.1, -0.05) is 0 Å². The molecular formula is C18H27NO6. The summed E-state index contributed by atoms with van der Waals surface area (Å²) in [6, 6.07) is 6.84. The van der Waals surface area contributed by atoms with E-state index in [9.17, 15) is 4.79 Å². The molecule has 140 valence electrons. The van der Waals surface area contributed by atoms with Crippen LogP contribution < -0.4 is 4.74 Å². The van der Waals surface area contributed by atoms with Crippen molar-refractivity contribution < 1.29 is 28.5 Å². The molecule has 1 aliphatic heterocycles. The second-order valence-corrected chi connectivity index (χ2v) is 5.86. The Morgan fingerprint density at radius 2 is 1.84 bits per heavy atom. The molecule has 1 aromatic rings. The molecule has 1 heterocycles. The van der Waals surface area contributed by atoms with Crippen LogP contribution in [0.2, 0.25) is 0 Å². The Morgan fingerprint density at radius 1 is 1.12 bits per heavy atom. The molecular weight excluding hydrogens is 326 g/mol. The van der Waals surface area contributed by atoms with Gasteiger partial charge in [-0.2, -0.15) is 0 Å². The van der Waals surface area contributed by atoms with E-state index in [2.05, 4.69) is 0 Å². The van der Waals surface area contributed by atoms with Gasteiger partial charge in [0.2, 0.25) is 0 Å². The number of amides is 1. The number of hydrogen-bond acceptors (Lipinski definition) is 6. The number of hydrogen-bond donors (Lipinski definition) is 0. The summed E-state index contributed by atoms with van der Waals surface area (Å²) in [4.78, 5) is 14.4. The number of methoxy groups -OCH3 is 3. The van der Waals surface area contributed by atoms with Crippen molar-refractivity contribution in [1.82, 2.24) is 4.90 Å². The predicted octanol–water partition coefficient (Wildman–Crippen LogP) is 1.21. The van der Waals surface area contributed by atoms with Gasteiger partial charge in [-0.05, 0) is 24.3 Å². The summed E-state index contributed by atoms with van der Waals surface area (Å²) >= 11 is 0. The summed E-state index contributed by atoms with van der Waals surface area (Å²) in [6.07, 6.45) is -0.431. The Bertz CT molecular complexity index is 535. The molecule has 1 amide bonds. The summed E-state index contributed by atoms with van der Waals surface area (Å²) in [5.41, 5.74) is 0.580. The van der Waals surface area contributed by atoms with Gasteiger partial charge in [0.25, 0.3) is 5.91 Å². The lowest BCUT2D eigenvalue weighted by atomic mass is 10.0. The van der Waals surface area contributed by atoms with Crippen molar-refractivity contribution >= 4 is 5.91 Å². The smallest absolute Gasteiger partial charge is 0.254 e. The Balaban J connectivity index is 2.03. The van der Waals surface area contributed by atoms with Crippen LogP contribution >= 0.6 is 0 Å². The van der Waals surface area contributed by atoms with E-state index in [0.717, 1.165) is 0 Å². The summed E-state index contributed by atoms with van der Waals surface area (Å²) in [6.45, 7) is 1.86. The Hall–Kier alpha value is -1.67. The highest BCUT2D eigenvalue weighted by molar-refractivity contribution is 5.94. The third-order valence-corrected chi connectivity index (χ3v) is 4.37. The number of nitrogens with zero attached hydrogens (tertiary/aromatic N) is 1. The third kappa shape index (κ3) is 4.92. The van der Waals surface area contributed by atoms with Gasteiger partial charge in [-0.3, -0.25) is 4.79 Å². The van der Waals surface area contributed by atoms with E-state index in [1.54, 1.807) is 57.5 Å². The van der Waals surface area contributed by atoms with Crippen molar-refractivity contribution in [3.8, 4) is 5.75 Å². The molecule has 0 aromatic heterocycles. The van der Waals surface area contributed by atoms with Crippen molar-refractivity contribution in [1.29, 1.82) is 0 Å². The summed E-state index contributed by atoms with van der Waals surface area (Å²) < 4.78 is 27.0. The number of carbonyl (C=O) groups excluding carboxylic acids is 1. The molecule has 25 heavy (non-hydrogen) atoms. The lowest BCUT2D eigenvalue weighted by Gasteiger charge is -2.40. The van der Waals surface area contributed by atoms with Crippen molar-refractivity contribution in [2.75, 3.05) is 54.8 Å². The van der Waals surface area contributed by atoms with Crippen LogP contribution in [0.15, 0.2) is 24.3 Å². The van der Waals surface area contributed by atoms with E-state index >= 15 is 0 Å². The van der Waals surface area contributed by atoms with Gasteiger partial charge < -0.3 is 28.6 Å². The molecule has 2 rings (SSSR count). The lowest BCUT2D eigenvalue weighted by Crippen LogP contribution is -2.57. The highest BCUT2D eigenvalue weighted by Gasteiger charge is 2.38. The normalized spacial score (nSPS) is 23.3. The number of benzene rings is 1. The van der Waals surface area contributed by atoms with Gasteiger partial charge in [0, 0.05) is 33.9 Å². The fourth-order valence-electron chi connectivity index (χ4n) is 2.88. The number of carbonyl (C=O) groups is 1. The van der Waals surface area contributed by atoms with Crippen molar-refractivity contribution in [3.05, 3.63) is 29.8 Å². The topological polar surface area (TPSA) is 66.5 Å². The number of ether oxygens (including phenoxy) is 5. The van der Waals surface area contributed by atoms with E-state index in [1.807, 2.05) is 0 Å². The second-order valence-electron chi connectivity index (χ2n) is 5.86. The van der Waals surface area contributed by atoms with Gasteiger partial charge in [0.1, 0.15) is 24.6 Å². The first kappa shape index (κ1) is 19.7. The minimum absolute atomic E-state index is 0.101. The van der Waals surface area contributed by atoms with Crippen LogP contribution in [-0.4, -0.2) is 83.9 Å². The minimum atomic E-state index is -0.232. The molecule has 3 atom stereocenters. The molecule has 0 saturated carbocycles. The first-order valence-corrected chi connectivity index (χ1v) is 8.24. The van der Waals surface area contributed by atoms with Crippen LogP contribution in [-0.2, 0) is 18.9 Å². The monoisotopic (exact) mass is 353 g/mol. The maximum Gasteiger partial charge on any atom is 0.254 e. The van der Waals surface area contributed by atoms with Gasteiger partial charge in [-0.25, -0.2) is 0 Å². The number of likely N-dealkylation sites (N-methyl/N-ethyl adjacent to an activating group) is 1. The largest absolute Gasteiger partial charge is 0.491 e. The van der Waals surface area contributed by atoms with Gasteiger partial charge in [0.15, 0.2) is 0 Å². The first-order chi connectivity index (χ1) is 12.1. The second kappa shape index (κ2) is 9.72. The zero-order valence-corrected chi connectivity index (χ0v) is 15.3. The summed E-state index contributed by atoms with van der Waals surface area (Å²) in [5.74, 6) is 0.599. The van der Waals surface area contributed by atoms with Gasteiger partial charge >= 0.3 is 0 Å². The van der Waals surface area contributed by atoms with Crippen molar-refractivity contribution in [2.45, 2.75) is 18.2 Å². The van der Waals surface area contributed by atoms with Crippen LogP contribution in [0.5, 0.6) is 5.75 Å². The van der Waals surface area contributed by atoms with E-state index in [4.69, 9.17) is 23.7 Å². The van der Waals surface area contributed by atoms with Crippen molar-refractivity contribution in [3.63, 3.8) is 0 Å². The van der Waals surface area contributed by atoms with Crippen molar-refractivity contribution in [2.24, 2.45) is 0 Å². The molecule has 1 fully saturated rings. The van der Waals surface area contributed by atoms with Gasteiger partial charge in [-0.15, -0.1) is 0 Å². The van der Waals surface area contributed by atoms with E-state index in [0.29, 0.717) is 37.7 Å². The highest BCUT2D eigenvalue weighted by Crippen LogP contribution is 2.21. The Kier molecular flexibility index (Phi) is 7.64. The summed E-state index contributed by atoms with van der Waals surface area (Å²) in [7, 11) is 6.62. The fraction of sp³-hybridized carbons (Fsp3) is 0.611. The third-order valence-electron chi connectivity index (χ3n) is 4.37. The average molecular weight is 353 g/mol. The van der Waals surface area contributed by atoms with Crippen LogP contribution in [0.1, 0.15) is 10.4 Å². The molecule has 1 aliphatic rings. The fourth-order valence-corrected chi connectivity index (χ4v) is 2.88. The SMILES string of the molecule is COCCOc1ccc(C(=O)N(C)[C@@H]2COC[C@@H](OC)[C@H]2OC)cc1. The standard InChI is InChI=1S/C18H27NO6/c1-19(15-11-24-12-16(22-3)17(15)23-4)18(20)13-5-7-14(8-6-13)25-10-9-21-2/h5-8,15-17H,9-12H2,1-4H3/t15-,16-,17+/m1/s1. The van der Waals surface area contributed by atoms with Crippen LogP contribution in [0, 0.1) is 0 Å². The molecule has 0 unspecified atom stereocenters. The lowest BCUT2D eigenvalue weighted by molar-refractivity contribution is -0.147. The zero-order valence-electron chi connectivity index (χ0n) is 15.3. The van der Waals surface area contributed by atoms with Crippen LogP contribution in [0.3, 0.4) is 0 Å². The maximum absolute atomic E-state index is 12.8. The highest BCUT2D eigenvalue weighted by atomic mass is 16.6. The molecule has 0 aliphatic carbocycles. The molecule has 1 aromatic carbocycles. The average Bonchev–Trinajstić information content (AvgIpc) is 2.66. The van der Waals surface area contributed by atoms with Crippen LogP contribution in [0.25, 0.3) is 0 Å². The van der Waals surface area contributed by atoms with E-state index in [1.165, 1.54) is 0 Å². The molecule has 1 saturated heterocycles. The minimum Gasteiger partial charge on any atom is -0.491 e. The molecule has 0 bridgehead atoms. The summed E-state index contributed by atoms with van der Waals surface area (Å²) in [5, 5.41) is 0. The Morgan fingerprint density at radius 3 is 2.44 bits per heavy atom. The predicted molar refractivity (Wildman–Crippen MR) is 92.1 cm³/mol. The molecule has 7 heteroatoms. The Labute approximate surface area is 148 Å². The van der Waals surface area contributed by atoms with E-state index < -0.39 is 0 Å².